The average Bonchev–Trinajstić information content (AvgIpc) is 2.49. The van der Waals surface area contributed by atoms with E-state index in [-0.39, 0.29) is 0 Å². The highest BCUT2D eigenvalue weighted by Gasteiger charge is 2.68. The molecule has 3 aliphatic carbocycles. The highest BCUT2D eigenvalue weighted by Crippen LogP contribution is 2.62. The minimum Gasteiger partial charge on any atom is -0.481 e. The van der Waals surface area contributed by atoms with Gasteiger partial charge in [-0.25, -0.2) is 0 Å². The molecule has 0 heterocycles. The van der Waals surface area contributed by atoms with Crippen LogP contribution in [0, 0.1) is 35.0 Å². The lowest BCUT2D eigenvalue weighted by molar-refractivity contribution is -0.188. The van der Waals surface area contributed by atoms with E-state index in [2.05, 4.69) is 0 Å². The third-order valence-electron chi connectivity index (χ3n) is 5.83. The molecule has 0 aromatic rings. The molecule has 2 bridgehead atoms. The summed E-state index contributed by atoms with van der Waals surface area (Å²) in [4.78, 5) is 47.3. The highest BCUT2D eigenvalue weighted by molar-refractivity contribution is 5.89. The summed E-state index contributed by atoms with van der Waals surface area (Å²) in [5, 5.41) is 38.5. The van der Waals surface area contributed by atoms with Crippen molar-refractivity contribution in [3.63, 3.8) is 0 Å². The molecular weight excluding hydrogens is 332 g/mol. The second kappa shape index (κ2) is 6.50. The summed E-state index contributed by atoms with van der Waals surface area (Å²) in [6.45, 7) is 3.32. The van der Waals surface area contributed by atoms with Crippen molar-refractivity contribution >= 4 is 23.9 Å². The Labute approximate surface area is 144 Å². The second-order valence-electron chi connectivity index (χ2n) is 7.02. The number of rotatable bonds is 7. The number of aliphatic carboxylic acids is 4. The molecule has 8 heteroatoms. The Morgan fingerprint density at radius 1 is 0.920 bits per heavy atom. The maximum atomic E-state index is 11.9. The molecule has 0 radical (unpaired) electrons. The lowest BCUT2D eigenvalue weighted by Crippen LogP contribution is -2.64. The first-order valence-electron chi connectivity index (χ1n) is 8.21. The van der Waals surface area contributed by atoms with Gasteiger partial charge in [0, 0.05) is 11.3 Å². The molecule has 0 aromatic heterocycles. The molecule has 1 saturated carbocycles. The van der Waals surface area contributed by atoms with E-state index in [1.165, 1.54) is 13.0 Å². The van der Waals surface area contributed by atoms with Crippen molar-refractivity contribution in [1.82, 2.24) is 0 Å². The van der Waals surface area contributed by atoms with Gasteiger partial charge in [-0.3, -0.25) is 19.2 Å². The van der Waals surface area contributed by atoms with Crippen LogP contribution in [0.3, 0.4) is 0 Å². The SMILES string of the molecule is CCCCC1=CC2C(C(=O)O)C(C(=O)O)C1(C)C(C(=O)O)C2C(=O)O. The van der Waals surface area contributed by atoms with E-state index in [4.69, 9.17) is 0 Å². The van der Waals surface area contributed by atoms with E-state index in [9.17, 15) is 39.6 Å². The summed E-state index contributed by atoms with van der Waals surface area (Å²) in [6.07, 6.45) is 3.42. The Morgan fingerprint density at radius 2 is 1.36 bits per heavy atom. The third kappa shape index (κ3) is 2.69. The minimum atomic E-state index is -1.56. The van der Waals surface area contributed by atoms with Gasteiger partial charge in [-0.2, -0.15) is 0 Å². The van der Waals surface area contributed by atoms with E-state index in [1.807, 2.05) is 6.92 Å². The summed E-state index contributed by atoms with van der Waals surface area (Å²) in [6, 6.07) is 0. The topological polar surface area (TPSA) is 149 Å². The number of carboxylic acids is 4. The van der Waals surface area contributed by atoms with Crippen LogP contribution in [0.4, 0.5) is 0 Å². The molecule has 8 nitrogen and oxygen atoms in total. The van der Waals surface area contributed by atoms with Crippen LogP contribution in [0.1, 0.15) is 33.1 Å². The normalized spacial score (nSPS) is 36.6. The van der Waals surface area contributed by atoms with Crippen LogP contribution in [0.15, 0.2) is 11.6 Å². The summed E-state index contributed by atoms with van der Waals surface area (Å²) in [7, 11) is 0. The summed E-state index contributed by atoms with van der Waals surface area (Å²) in [5.74, 6) is -12.7. The van der Waals surface area contributed by atoms with Gasteiger partial charge in [0.05, 0.1) is 23.7 Å². The van der Waals surface area contributed by atoms with Crippen molar-refractivity contribution in [3.8, 4) is 0 Å². The largest absolute Gasteiger partial charge is 0.481 e. The number of hydrogen-bond acceptors (Lipinski definition) is 4. The first kappa shape index (κ1) is 19.0. The molecular formula is C17H22O8. The molecule has 1 fully saturated rings. The highest BCUT2D eigenvalue weighted by atomic mass is 16.4. The molecule has 25 heavy (non-hydrogen) atoms. The smallest absolute Gasteiger partial charge is 0.308 e. The molecule has 4 atom stereocenters. The first-order valence-corrected chi connectivity index (χ1v) is 8.21. The molecule has 0 saturated heterocycles. The molecule has 0 aliphatic heterocycles. The monoisotopic (exact) mass is 354 g/mol. The van der Waals surface area contributed by atoms with Crippen molar-refractivity contribution in [2.45, 2.75) is 33.1 Å². The summed E-state index contributed by atoms with van der Waals surface area (Å²) < 4.78 is 0. The zero-order valence-corrected chi connectivity index (χ0v) is 14.0. The average molecular weight is 354 g/mol. The predicted molar refractivity (Wildman–Crippen MR) is 83.7 cm³/mol. The van der Waals surface area contributed by atoms with Gasteiger partial charge in [-0.1, -0.05) is 31.9 Å². The number of unbranched alkanes of at least 4 members (excludes halogenated alkanes) is 1. The zero-order chi connectivity index (χ0) is 19.1. The van der Waals surface area contributed by atoms with Crippen molar-refractivity contribution < 1.29 is 39.6 Å². The van der Waals surface area contributed by atoms with Gasteiger partial charge >= 0.3 is 23.9 Å². The maximum absolute atomic E-state index is 11.9. The van der Waals surface area contributed by atoms with Crippen molar-refractivity contribution in [2.24, 2.45) is 35.0 Å². The van der Waals surface area contributed by atoms with Crippen LogP contribution in [0.2, 0.25) is 0 Å². The van der Waals surface area contributed by atoms with Gasteiger partial charge in [0.15, 0.2) is 0 Å². The lowest BCUT2D eigenvalue weighted by atomic mass is 9.43. The van der Waals surface area contributed by atoms with Crippen LogP contribution in [-0.4, -0.2) is 44.3 Å². The second-order valence-corrected chi connectivity index (χ2v) is 7.02. The number of fused-ring (bicyclic) bond motifs is 2. The molecule has 0 aromatic carbocycles. The van der Waals surface area contributed by atoms with Gasteiger partial charge in [0.2, 0.25) is 0 Å². The lowest BCUT2D eigenvalue weighted by Gasteiger charge is -2.57. The Bertz CT molecular complexity index is 609. The fraction of sp³-hybridized carbons (Fsp3) is 0.647. The molecule has 3 rings (SSSR count). The molecule has 0 spiro atoms. The molecule has 4 unspecified atom stereocenters. The van der Waals surface area contributed by atoms with Crippen molar-refractivity contribution in [1.29, 1.82) is 0 Å². The number of carbonyl (C=O) groups is 4. The Hall–Kier alpha value is -2.38. The van der Waals surface area contributed by atoms with Crippen molar-refractivity contribution in [2.75, 3.05) is 0 Å². The number of carboxylic acid groups (broad SMARTS) is 4. The van der Waals surface area contributed by atoms with Gasteiger partial charge in [-0.15, -0.1) is 0 Å². The quantitative estimate of drug-likeness (QED) is 0.503. The molecule has 0 amide bonds. The van der Waals surface area contributed by atoms with Crippen LogP contribution in [-0.2, 0) is 19.2 Å². The van der Waals surface area contributed by atoms with E-state index >= 15 is 0 Å². The van der Waals surface area contributed by atoms with E-state index in [0.717, 1.165) is 6.42 Å². The third-order valence-corrected chi connectivity index (χ3v) is 5.83. The maximum Gasteiger partial charge on any atom is 0.308 e. The Morgan fingerprint density at radius 3 is 1.68 bits per heavy atom. The van der Waals surface area contributed by atoms with E-state index in [0.29, 0.717) is 18.4 Å². The summed E-state index contributed by atoms with van der Waals surface area (Å²) in [5.41, 5.74) is -1.01. The first-order chi connectivity index (χ1) is 11.6. The molecule has 138 valence electrons. The van der Waals surface area contributed by atoms with Crippen LogP contribution < -0.4 is 0 Å². The standard InChI is InChI=1S/C17H22O8/c1-3-4-5-7-6-8-9(13(18)19)11(15(22)23)17(7,2)12(16(24)25)10(8)14(20)21/h6,8-12H,3-5H2,1-2H3,(H,18,19)(H,20,21)(H,22,23)(H,24,25). The number of hydrogen-bond donors (Lipinski definition) is 4. The van der Waals surface area contributed by atoms with Crippen LogP contribution in [0.25, 0.3) is 0 Å². The van der Waals surface area contributed by atoms with Gasteiger partial charge in [0.1, 0.15) is 0 Å². The van der Waals surface area contributed by atoms with Crippen LogP contribution >= 0.6 is 0 Å². The van der Waals surface area contributed by atoms with E-state index < -0.39 is 58.9 Å². The zero-order valence-electron chi connectivity index (χ0n) is 14.0. The molecule has 3 aliphatic rings. The van der Waals surface area contributed by atoms with Gasteiger partial charge in [0.25, 0.3) is 0 Å². The Balaban J connectivity index is 2.74. The predicted octanol–water partition coefficient (Wildman–Crippen LogP) is 1.56. The fourth-order valence-corrected chi connectivity index (χ4v) is 4.78. The summed E-state index contributed by atoms with van der Waals surface area (Å²) >= 11 is 0. The van der Waals surface area contributed by atoms with Gasteiger partial charge in [-0.05, 0) is 12.8 Å². The number of allylic oxidation sites excluding steroid dienone is 2. The van der Waals surface area contributed by atoms with E-state index in [1.54, 1.807) is 0 Å². The van der Waals surface area contributed by atoms with Gasteiger partial charge < -0.3 is 20.4 Å². The van der Waals surface area contributed by atoms with Crippen LogP contribution in [0.5, 0.6) is 0 Å². The Kier molecular flexibility index (Phi) is 4.92. The van der Waals surface area contributed by atoms with Crippen molar-refractivity contribution in [3.05, 3.63) is 11.6 Å². The fourth-order valence-electron chi connectivity index (χ4n) is 4.78. The minimum absolute atomic E-state index is 0.426. The molecule has 4 N–H and O–H groups in total.